The third-order valence-corrected chi connectivity index (χ3v) is 6.31. The summed E-state index contributed by atoms with van der Waals surface area (Å²) in [5, 5.41) is 0. The Morgan fingerprint density at radius 2 is 2.05 bits per heavy atom. The molecule has 106 valence electrons. The first-order valence-electron chi connectivity index (χ1n) is 5.37. The van der Waals surface area contributed by atoms with Gasteiger partial charge in [0.2, 0.25) is 10.0 Å². The fraction of sp³-hybridized carbons (Fsp3) is 0.364. The second-order valence-corrected chi connectivity index (χ2v) is 8.42. The van der Waals surface area contributed by atoms with Gasteiger partial charge in [0.05, 0.1) is 9.88 Å². The predicted octanol–water partition coefficient (Wildman–Crippen LogP) is 2.75. The van der Waals surface area contributed by atoms with Crippen molar-refractivity contribution >= 4 is 59.1 Å². The molecule has 0 fully saturated rings. The van der Waals surface area contributed by atoms with Crippen molar-refractivity contribution in [3.05, 3.63) is 27.1 Å². The summed E-state index contributed by atoms with van der Waals surface area (Å²) >= 11 is 11.4. The Kier molecular flexibility index (Phi) is 5.94. The van der Waals surface area contributed by atoms with Gasteiger partial charge in [0, 0.05) is 28.5 Å². The lowest BCUT2D eigenvalue weighted by molar-refractivity contribution is 0.445. The summed E-state index contributed by atoms with van der Waals surface area (Å²) in [6.45, 7) is 2.04. The lowest BCUT2D eigenvalue weighted by atomic mass is 10.2. The zero-order chi connectivity index (χ0) is 14.8. The van der Waals surface area contributed by atoms with Gasteiger partial charge in [-0.15, -0.1) is 0 Å². The van der Waals surface area contributed by atoms with E-state index in [1.165, 1.54) is 11.4 Å². The van der Waals surface area contributed by atoms with Crippen LogP contribution in [0.3, 0.4) is 0 Å². The molecule has 0 amide bonds. The monoisotopic (exact) mass is 428 g/mol. The Hall–Kier alpha value is -0.0200. The molecule has 0 saturated carbocycles. The smallest absolute Gasteiger partial charge is 0.243 e. The number of hydrogen-bond donors (Lipinski definition) is 1. The van der Waals surface area contributed by atoms with E-state index in [2.05, 4.69) is 31.9 Å². The number of sulfonamides is 1. The molecule has 0 radical (unpaired) electrons. The van der Waals surface area contributed by atoms with Crippen LogP contribution >= 0.6 is 44.1 Å². The molecular weight excluding hydrogens is 416 g/mol. The van der Waals surface area contributed by atoms with Crippen molar-refractivity contribution in [3.63, 3.8) is 0 Å². The van der Waals surface area contributed by atoms with Crippen LogP contribution in [0.5, 0.6) is 0 Å². The number of benzene rings is 1. The minimum atomic E-state index is -3.58. The molecule has 1 aromatic carbocycles. The van der Waals surface area contributed by atoms with E-state index in [0.717, 1.165) is 0 Å². The molecule has 19 heavy (non-hydrogen) atoms. The van der Waals surface area contributed by atoms with Crippen molar-refractivity contribution < 1.29 is 8.42 Å². The molecule has 0 aliphatic heterocycles. The van der Waals surface area contributed by atoms with Gasteiger partial charge in [0.15, 0.2) is 0 Å². The Balaban J connectivity index is 3.10. The summed E-state index contributed by atoms with van der Waals surface area (Å²) in [6, 6.07) is 5.00. The molecule has 2 N–H and O–H groups in total. The van der Waals surface area contributed by atoms with Gasteiger partial charge in [-0.25, -0.2) is 12.7 Å². The van der Waals surface area contributed by atoms with Crippen LogP contribution in [0.4, 0.5) is 0 Å². The molecule has 1 rings (SSSR count). The first kappa shape index (κ1) is 17.0. The van der Waals surface area contributed by atoms with E-state index in [-0.39, 0.29) is 17.4 Å². The molecule has 0 aliphatic rings. The third kappa shape index (κ3) is 4.22. The Labute approximate surface area is 135 Å². The Bertz CT molecular complexity index is 590. The van der Waals surface area contributed by atoms with E-state index in [9.17, 15) is 8.42 Å². The molecular formula is C11H14Br2N2O2S2. The maximum atomic E-state index is 12.5. The lowest BCUT2D eigenvalue weighted by Crippen LogP contribution is -2.35. The lowest BCUT2D eigenvalue weighted by Gasteiger charge is -2.21. The SMILES string of the molecule is CC(CN(C)S(=O)(=O)c1cc(Br)ccc1Br)C(N)=S. The maximum Gasteiger partial charge on any atom is 0.243 e. The summed E-state index contributed by atoms with van der Waals surface area (Å²) in [7, 11) is -2.07. The minimum absolute atomic E-state index is 0.180. The highest BCUT2D eigenvalue weighted by molar-refractivity contribution is 9.11. The predicted molar refractivity (Wildman–Crippen MR) is 87.6 cm³/mol. The van der Waals surface area contributed by atoms with E-state index in [1.54, 1.807) is 25.1 Å². The van der Waals surface area contributed by atoms with Crippen LogP contribution in [-0.4, -0.2) is 31.3 Å². The normalized spacial score (nSPS) is 13.5. The molecule has 0 heterocycles. The third-order valence-electron chi connectivity index (χ3n) is 2.60. The molecule has 1 aromatic rings. The number of nitrogens with zero attached hydrogens (tertiary/aromatic N) is 1. The summed E-state index contributed by atoms with van der Waals surface area (Å²) in [5.74, 6) is -0.180. The molecule has 1 atom stereocenters. The van der Waals surface area contributed by atoms with Gasteiger partial charge >= 0.3 is 0 Å². The summed E-state index contributed by atoms with van der Waals surface area (Å²) < 4.78 is 27.4. The number of hydrogen-bond acceptors (Lipinski definition) is 3. The number of nitrogens with two attached hydrogens (primary N) is 1. The van der Waals surface area contributed by atoms with E-state index in [0.29, 0.717) is 13.9 Å². The van der Waals surface area contributed by atoms with Crippen LogP contribution in [0.1, 0.15) is 6.92 Å². The minimum Gasteiger partial charge on any atom is -0.393 e. The Morgan fingerprint density at radius 3 is 2.58 bits per heavy atom. The molecule has 0 saturated heterocycles. The van der Waals surface area contributed by atoms with Gasteiger partial charge in [-0.3, -0.25) is 0 Å². The van der Waals surface area contributed by atoms with Crippen LogP contribution in [0.2, 0.25) is 0 Å². The Morgan fingerprint density at radius 1 is 1.47 bits per heavy atom. The van der Waals surface area contributed by atoms with Gasteiger partial charge in [-0.2, -0.15) is 0 Å². The molecule has 8 heteroatoms. The van der Waals surface area contributed by atoms with Crippen LogP contribution in [0.15, 0.2) is 32.0 Å². The van der Waals surface area contributed by atoms with Crippen LogP contribution in [0.25, 0.3) is 0 Å². The fourth-order valence-corrected chi connectivity index (χ4v) is 4.21. The molecule has 4 nitrogen and oxygen atoms in total. The number of halogens is 2. The van der Waals surface area contributed by atoms with Gasteiger partial charge < -0.3 is 5.73 Å². The van der Waals surface area contributed by atoms with Gasteiger partial charge in [0.25, 0.3) is 0 Å². The molecule has 0 aliphatic carbocycles. The topological polar surface area (TPSA) is 63.4 Å². The maximum absolute atomic E-state index is 12.5. The first-order chi connectivity index (χ1) is 8.66. The average molecular weight is 430 g/mol. The molecule has 1 unspecified atom stereocenters. The standard InChI is InChI=1S/C11H14Br2N2O2S2/c1-7(11(14)18)6-15(2)19(16,17)10-5-8(12)3-4-9(10)13/h3-5,7H,6H2,1-2H3,(H2,14,18). The van der Waals surface area contributed by atoms with Crippen molar-refractivity contribution in [2.24, 2.45) is 11.7 Å². The van der Waals surface area contributed by atoms with E-state index >= 15 is 0 Å². The summed E-state index contributed by atoms with van der Waals surface area (Å²) in [5.41, 5.74) is 5.51. The van der Waals surface area contributed by atoms with E-state index < -0.39 is 10.0 Å². The second-order valence-electron chi connectivity index (χ2n) is 4.16. The largest absolute Gasteiger partial charge is 0.393 e. The van der Waals surface area contributed by atoms with Crippen molar-refractivity contribution in [2.45, 2.75) is 11.8 Å². The zero-order valence-corrected chi connectivity index (χ0v) is 15.2. The van der Waals surface area contributed by atoms with Gasteiger partial charge in [0.1, 0.15) is 0 Å². The molecule has 0 bridgehead atoms. The second kappa shape index (κ2) is 6.62. The van der Waals surface area contributed by atoms with Crippen LogP contribution in [0, 0.1) is 5.92 Å². The highest BCUT2D eigenvalue weighted by Crippen LogP contribution is 2.28. The fourth-order valence-electron chi connectivity index (χ4n) is 1.42. The van der Waals surface area contributed by atoms with Crippen LogP contribution in [-0.2, 0) is 10.0 Å². The molecule has 0 aromatic heterocycles. The number of rotatable bonds is 5. The highest BCUT2D eigenvalue weighted by Gasteiger charge is 2.25. The molecule has 0 spiro atoms. The number of thiocarbonyl (C=S) groups is 1. The van der Waals surface area contributed by atoms with Crippen molar-refractivity contribution in [2.75, 3.05) is 13.6 Å². The van der Waals surface area contributed by atoms with Gasteiger partial charge in [-0.1, -0.05) is 35.1 Å². The van der Waals surface area contributed by atoms with Crippen molar-refractivity contribution in [1.82, 2.24) is 4.31 Å². The van der Waals surface area contributed by atoms with Crippen molar-refractivity contribution in [3.8, 4) is 0 Å². The highest BCUT2D eigenvalue weighted by atomic mass is 79.9. The first-order valence-corrected chi connectivity index (χ1v) is 8.80. The summed E-state index contributed by atoms with van der Waals surface area (Å²) in [4.78, 5) is 0.509. The quantitative estimate of drug-likeness (QED) is 0.731. The summed E-state index contributed by atoms with van der Waals surface area (Å²) in [6.07, 6.45) is 0. The van der Waals surface area contributed by atoms with E-state index in [1.807, 2.05) is 0 Å². The zero-order valence-electron chi connectivity index (χ0n) is 10.4. The van der Waals surface area contributed by atoms with Crippen LogP contribution < -0.4 is 5.73 Å². The average Bonchev–Trinajstić information content (AvgIpc) is 2.31. The van der Waals surface area contributed by atoms with E-state index in [4.69, 9.17) is 18.0 Å². The van der Waals surface area contributed by atoms with Crippen molar-refractivity contribution in [1.29, 1.82) is 0 Å². The van der Waals surface area contributed by atoms with Gasteiger partial charge in [-0.05, 0) is 34.1 Å².